The lowest BCUT2D eigenvalue weighted by Crippen LogP contribution is -2.31. The van der Waals surface area contributed by atoms with Crippen molar-refractivity contribution in [3.05, 3.63) is 35.4 Å². The van der Waals surface area contributed by atoms with Gasteiger partial charge in [0.1, 0.15) is 6.17 Å². The highest BCUT2D eigenvalue weighted by Crippen LogP contribution is 2.37. The Morgan fingerprint density at radius 3 is 2.74 bits per heavy atom. The summed E-state index contributed by atoms with van der Waals surface area (Å²) in [6.07, 6.45) is 3.31. The SMILES string of the molecule is CC(C)C(CN)C(F)CC1CCCc2ccccc21. The molecule has 2 rings (SSSR count). The first kappa shape index (κ1) is 14.5. The molecule has 106 valence electrons. The van der Waals surface area contributed by atoms with Crippen molar-refractivity contribution in [3.8, 4) is 0 Å². The van der Waals surface area contributed by atoms with Crippen LogP contribution in [0, 0.1) is 11.8 Å². The first-order valence-electron chi connectivity index (χ1n) is 7.55. The minimum Gasteiger partial charge on any atom is -0.330 e. The Balaban J connectivity index is 2.08. The number of rotatable bonds is 5. The average Bonchev–Trinajstić information content (AvgIpc) is 2.39. The van der Waals surface area contributed by atoms with Crippen molar-refractivity contribution < 1.29 is 4.39 Å². The topological polar surface area (TPSA) is 26.0 Å². The molecule has 3 atom stereocenters. The maximum absolute atomic E-state index is 14.5. The number of halogens is 1. The van der Waals surface area contributed by atoms with E-state index in [2.05, 4.69) is 38.1 Å². The Kier molecular flexibility index (Phi) is 4.98. The summed E-state index contributed by atoms with van der Waals surface area (Å²) in [4.78, 5) is 0. The largest absolute Gasteiger partial charge is 0.330 e. The van der Waals surface area contributed by atoms with E-state index in [0.717, 1.165) is 12.8 Å². The molecule has 0 spiro atoms. The van der Waals surface area contributed by atoms with Gasteiger partial charge in [0.05, 0.1) is 0 Å². The normalized spacial score (nSPS) is 22.1. The molecule has 0 aromatic heterocycles. The molecule has 0 fully saturated rings. The summed E-state index contributed by atoms with van der Waals surface area (Å²) in [5, 5.41) is 0. The highest BCUT2D eigenvalue weighted by atomic mass is 19.1. The van der Waals surface area contributed by atoms with Crippen LogP contribution in [0.3, 0.4) is 0 Å². The molecular formula is C17H26FN. The maximum Gasteiger partial charge on any atom is 0.105 e. The van der Waals surface area contributed by atoms with E-state index in [4.69, 9.17) is 5.73 Å². The van der Waals surface area contributed by atoms with Gasteiger partial charge in [0, 0.05) is 5.92 Å². The summed E-state index contributed by atoms with van der Waals surface area (Å²) in [6.45, 7) is 4.59. The van der Waals surface area contributed by atoms with Crippen molar-refractivity contribution in [2.24, 2.45) is 17.6 Å². The van der Waals surface area contributed by atoms with Crippen LogP contribution in [-0.2, 0) is 6.42 Å². The molecular weight excluding hydrogens is 237 g/mol. The summed E-state index contributed by atoms with van der Waals surface area (Å²) in [6, 6.07) is 8.54. The van der Waals surface area contributed by atoms with E-state index in [1.807, 2.05) is 0 Å². The summed E-state index contributed by atoms with van der Waals surface area (Å²) in [5.41, 5.74) is 8.52. The quantitative estimate of drug-likeness (QED) is 0.851. The number of fused-ring (bicyclic) bond motifs is 1. The van der Waals surface area contributed by atoms with E-state index >= 15 is 0 Å². The lowest BCUT2D eigenvalue weighted by atomic mass is 9.77. The van der Waals surface area contributed by atoms with Crippen LogP contribution in [0.2, 0.25) is 0 Å². The number of aryl methyl sites for hydroxylation is 1. The van der Waals surface area contributed by atoms with E-state index in [1.165, 1.54) is 17.5 Å². The highest BCUT2D eigenvalue weighted by Gasteiger charge is 2.28. The minimum atomic E-state index is -0.777. The predicted octanol–water partition coefficient (Wildman–Crippen LogP) is 4.07. The predicted molar refractivity (Wildman–Crippen MR) is 79.0 cm³/mol. The third kappa shape index (κ3) is 3.36. The zero-order valence-corrected chi connectivity index (χ0v) is 12.1. The fourth-order valence-electron chi connectivity index (χ4n) is 3.38. The third-order valence-corrected chi connectivity index (χ3v) is 4.60. The number of hydrogen-bond donors (Lipinski definition) is 1. The molecule has 1 aromatic carbocycles. The van der Waals surface area contributed by atoms with E-state index in [1.54, 1.807) is 0 Å². The van der Waals surface area contributed by atoms with Crippen LogP contribution in [0.5, 0.6) is 0 Å². The Hall–Kier alpha value is -0.890. The van der Waals surface area contributed by atoms with Crippen molar-refractivity contribution >= 4 is 0 Å². The van der Waals surface area contributed by atoms with Crippen molar-refractivity contribution in [1.82, 2.24) is 0 Å². The van der Waals surface area contributed by atoms with Crippen LogP contribution in [-0.4, -0.2) is 12.7 Å². The third-order valence-electron chi connectivity index (χ3n) is 4.60. The first-order valence-corrected chi connectivity index (χ1v) is 7.55. The van der Waals surface area contributed by atoms with Gasteiger partial charge in [0.15, 0.2) is 0 Å². The van der Waals surface area contributed by atoms with Crippen molar-refractivity contribution in [2.45, 2.75) is 51.6 Å². The summed E-state index contributed by atoms with van der Waals surface area (Å²) in [7, 11) is 0. The molecule has 19 heavy (non-hydrogen) atoms. The van der Waals surface area contributed by atoms with E-state index in [-0.39, 0.29) is 5.92 Å². The molecule has 1 aromatic rings. The molecule has 1 aliphatic rings. The average molecular weight is 263 g/mol. The van der Waals surface area contributed by atoms with Gasteiger partial charge in [-0.05, 0) is 55.2 Å². The zero-order valence-electron chi connectivity index (χ0n) is 12.1. The van der Waals surface area contributed by atoms with Crippen LogP contribution in [0.25, 0.3) is 0 Å². The minimum absolute atomic E-state index is 0.00547. The Morgan fingerprint density at radius 2 is 2.05 bits per heavy atom. The van der Waals surface area contributed by atoms with Crippen LogP contribution >= 0.6 is 0 Å². The van der Waals surface area contributed by atoms with Gasteiger partial charge in [-0.3, -0.25) is 0 Å². The summed E-state index contributed by atoms with van der Waals surface area (Å²) >= 11 is 0. The van der Waals surface area contributed by atoms with E-state index < -0.39 is 6.17 Å². The Bertz CT molecular complexity index is 402. The van der Waals surface area contributed by atoms with Crippen LogP contribution in [0.4, 0.5) is 4.39 Å². The van der Waals surface area contributed by atoms with Crippen molar-refractivity contribution in [2.75, 3.05) is 6.54 Å². The maximum atomic E-state index is 14.5. The second-order valence-corrected chi connectivity index (χ2v) is 6.18. The molecule has 2 N–H and O–H groups in total. The van der Waals surface area contributed by atoms with Crippen LogP contribution in [0.1, 0.15) is 50.2 Å². The number of alkyl halides is 1. The standard InChI is InChI=1S/C17H26FN/c1-12(2)16(11-19)17(18)10-14-8-5-7-13-6-3-4-9-15(13)14/h3-4,6,9,12,14,16-17H,5,7-8,10-11,19H2,1-2H3. The fraction of sp³-hybridized carbons (Fsp3) is 0.647. The van der Waals surface area contributed by atoms with Gasteiger partial charge in [-0.15, -0.1) is 0 Å². The monoisotopic (exact) mass is 263 g/mol. The molecule has 1 nitrogen and oxygen atoms in total. The lowest BCUT2D eigenvalue weighted by molar-refractivity contribution is 0.163. The highest BCUT2D eigenvalue weighted by molar-refractivity contribution is 5.32. The molecule has 0 bridgehead atoms. The molecule has 0 amide bonds. The van der Waals surface area contributed by atoms with Crippen LogP contribution in [0.15, 0.2) is 24.3 Å². The van der Waals surface area contributed by atoms with E-state index in [9.17, 15) is 4.39 Å². The Labute approximate surface area is 116 Å². The fourth-order valence-corrected chi connectivity index (χ4v) is 3.38. The zero-order chi connectivity index (χ0) is 13.8. The Morgan fingerprint density at radius 1 is 1.32 bits per heavy atom. The van der Waals surface area contributed by atoms with Gasteiger partial charge in [-0.2, -0.15) is 0 Å². The molecule has 3 unspecified atom stereocenters. The molecule has 2 heteroatoms. The number of nitrogens with two attached hydrogens (primary N) is 1. The molecule has 0 aliphatic heterocycles. The first-order chi connectivity index (χ1) is 9.13. The van der Waals surface area contributed by atoms with Gasteiger partial charge < -0.3 is 5.73 Å². The number of benzene rings is 1. The van der Waals surface area contributed by atoms with Gasteiger partial charge >= 0.3 is 0 Å². The molecule has 0 saturated heterocycles. The second kappa shape index (κ2) is 6.51. The molecule has 0 radical (unpaired) electrons. The second-order valence-electron chi connectivity index (χ2n) is 6.18. The van der Waals surface area contributed by atoms with E-state index in [0.29, 0.717) is 24.8 Å². The molecule has 0 heterocycles. The van der Waals surface area contributed by atoms with Gasteiger partial charge in [0.2, 0.25) is 0 Å². The van der Waals surface area contributed by atoms with Crippen molar-refractivity contribution in [1.29, 1.82) is 0 Å². The summed E-state index contributed by atoms with van der Waals surface area (Å²) < 4.78 is 14.5. The van der Waals surface area contributed by atoms with Gasteiger partial charge in [-0.1, -0.05) is 38.1 Å². The van der Waals surface area contributed by atoms with Crippen molar-refractivity contribution in [3.63, 3.8) is 0 Å². The van der Waals surface area contributed by atoms with Gasteiger partial charge in [0.25, 0.3) is 0 Å². The number of hydrogen-bond acceptors (Lipinski definition) is 1. The summed E-state index contributed by atoms with van der Waals surface area (Å²) in [5.74, 6) is 0.695. The molecule has 0 saturated carbocycles. The van der Waals surface area contributed by atoms with Crippen LogP contribution < -0.4 is 5.73 Å². The molecule has 1 aliphatic carbocycles. The lowest BCUT2D eigenvalue weighted by Gasteiger charge is -2.30. The smallest absolute Gasteiger partial charge is 0.105 e. The van der Waals surface area contributed by atoms with Gasteiger partial charge in [-0.25, -0.2) is 4.39 Å².